The zero-order valence-electron chi connectivity index (χ0n) is 16.4. The van der Waals surface area contributed by atoms with Gasteiger partial charge in [-0.05, 0) is 43.3 Å². The van der Waals surface area contributed by atoms with E-state index in [0.717, 1.165) is 0 Å². The number of fused-ring (bicyclic) bond motifs is 1. The molecular formula is C23H17Cl2N3O3. The maximum Gasteiger partial charge on any atom is 0.412 e. The van der Waals surface area contributed by atoms with E-state index in [1.807, 2.05) is 18.2 Å². The molecule has 8 heteroatoms. The van der Waals surface area contributed by atoms with Crippen molar-refractivity contribution < 1.29 is 14.3 Å². The topological polar surface area (TPSA) is 84.1 Å². The van der Waals surface area contributed by atoms with Crippen molar-refractivity contribution in [2.24, 2.45) is 0 Å². The second kappa shape index (κ2) is 8.79. The Balaban J connectivity index is 1.48. The lowest BCUT2D eigenvalue weighted by atomic mass is 10.0. The molecule has 1 atom stereocenters. The quantitative estimate of drug-likeness (QED) is 0.341. The number of anilines is 1. The Bertz CT molecular complexity index is 1270. The number of amides is 1. The molecule has 0 saturated carbocycles. The lowest BCUT2D eigenvalue weighted by molar-refractivity contribution is 0.103. The molecular weight excluding hydrogens is 437 g/mol. The highest BCUT2D eigenvalue weighted by molar-refractivity contribution is 6.42. The summed E-state index contributed by atoms with van der Waals surface area (Å²) >= 11 is 11.8. The monoisotopic (exact) mass is 453 g/mol. The molecule has 0 saturated heterocycles. The van der Waals surface area contributed by atoms with Crippen LogP contribution in [0, 0.1) is 0 Å². The molecule has 31 heavy (non-hydrogen) atoms. The number of ether oxygens (including phenoxy) is 1. The number of imidazole rings is 1. The highest BCUT2D eigenvalue weighted by Crippen LogP contribution is 2.26. The molecule has 1 heterocycles. The van der Waals surface area contributed by atoms with Gasteiger partial charge in [0.1, 0.15) is 5.82 Å². The Kier molecular flexibility index (Phi) is 5.93. The van der Waals surface area contributed by atoms with Crippen molar-refractivity contribution in [3.05, 3.63) is 93.7 Å². The number of aromatic nitrogens is 2. The minimum absolute atomic E-state index is 0.0797. The van der Waals surface area contributed by atoms with E-state index in [2.05, 4.69) is 15.3 Å². The second-order valence-corrected chi connectivity index (χ2v) is 7.66. The van der Waals surface area contributed by atoms with Gasteiger partial charge in [0.15, 0.2) is 11.9 Å². The average Bonchev–Trinajstić information content (AvgIpc) is 3.20. The third-order valence-corrected chi connectivity index (χ3v) is 5.37. The van der Waals surface area contributed by atoms with Gasteiger partial charge >= 0.3 is 6.09 Å². The normalized spacial score (nSPS) is 11.8. The minimum atomic E-state index is -0.661. The van der Waals surface area contributed by atoms with E-state index in [4.69, 9.17) is 27.9 Å². The molecule has 3 aromatic carbocycles. The van der Waals surface area contributed by atoms with Crippen LogP contribution in [0.3, 0.4) is 0 Å². The molecule has 0 aliphatic heterocycles. The smallest absolute Gasteiger partial charge is 0.412 e. The number of rotatable bonds is 5. The molecule has 0 spiro atoms. The summed E-state index contributed by atoms with van der Waals surface area (Å²) in [5.41, 5.74) is 2.95. The van der Waals surface area contributed by atoms with Crippen molar-refractivity contribution >= 4 is 51.8 Å². The van der Waals surface area contributed by atoms with Crippen LogP contribution in [-0.2, 0) is 4.74 Å². The number of benzene rings is 3. The predicted octanol–water partition coefficient (Wildman–Crippen LogP) is 6.41. The predicted molar refractivity (Wildman–Crippen MR) is 121 cm³/mol. The van der Waals surface area contributed by atoms with Crippen molar-refractivity contribution in [3.63, 3.8) is 0 Å². The molecule has 0 fully saturated rings. The van der Waals surface area contributed by atoms with Gasteiger partial charge in [0.25, 0.3) is 0 Å². The Morgan fingerprint density at radius 1 is 0.968 bits per heavy atom. The molecule has 0 bridgehead atoms. The summed E-state index contributed by atoms with van der Waals surface area (Å²) in [6, 6.07) is 19.0. The largest absolute Gasteiger partial charge is 0.438 e. The number of carbonyl (C=O) groups is 2. The van der Waals surface area contributed by atoms with Gasteiger partial charge in [-0.25, -0.2) is 9.78 Å². The number of carbonyl (C=O) groups excluding carboxylic acids is 2. The summed E-state index contributed by atoms with van der Waals surface area (Å²) in [6.45, 7) is 1.70. The molecule has 1 amide bonds. The van der Waals surface area contributed by atoms with E-state index in [1.165, 1.54) is 6.07 Å². The van der Waals surface area contributed by atoms with Gasteiger partial charge in [-0.3, -0.25) is 10.1 Å². The SMILES string of the molecule is CC(OC(=O)Nc1ccc(Cl)c(Cl)c1)c1nc2ccc(C(=O)c3ccccc3)cc2[nH]1. The fourth-order valence-corrected chi connectivity index (χ4v) is 3.35. The van der Waals surface area contributed by atoms with Gasteiger partial charge in [0, 0.05) is 16.8 Å². The maximum atomic E-state index is 12.7. The van der Waals surface area contributed by atoms with Crippen molar-refractivity contribution in [1.29, 1.82) is 0 Å². The van der Waals surface area contributed by atoms with Crippen LogP contribution in [-0.4, -0.2) is 21.8 Å². The molecule has 1 aromatic heterocycles. The van der Waals surface area contributed by atoms with E-state index >= 15 is 0 Å². The van der Waals surface area contributed by atoms with Crippen LogP contribution in [0.1, 0.15) is 34.8 Å². The first-order valence-corrected chi connectivity index (χ1v) is 10.2. The Hall–Kier alpha value is -3.35. The molecule has 1 unspecified atom stereocenters. The first kappa shape index (κ1) is 20.9. The highest BCUT2D eigenvalue weighted by atomic mass is 35.5. The zero-order valence-corrected chi connectivity index (χ0v) is 17.9. The van der Waals surface area contributed by atoms with Crippen LogP contribution in [0.15, 0.2) is 66.7 Å². The number of hydrogen-bond donors (Lipinski definition) is 2. The summed E-state index contributed by atoms with van der Waals surface area (Å²) in [5, 5.41) is 3.31. The van der Waals surface area contributed by atoms with Crippen molar-refractivity contribution in [2.45, 2.75) is 13.0 Å². The zero-order chi connectivity index (χ0) is 22.0. The number of hydrogen-bond acceptors (Lipinski definition) is 4. The van der Waals surface area contributed by atoms with Crippen LogP contribution < -0.4 is 5.32 Å². The summed E-state index contributed by atoms with van der Waals surface area (Å²) in [6.07, 6.45) is -1.31. The third kappa shape index (κ3) is 4.71. The fraction of sp³-hybridized carbons (Fsp3) is 0.0870. The molecule has 4 aromatic rings. The van der Waals surface area contributed by atoms with Crippen molar-refractivity contribution in [3.8, 4) is 0 Å². The molecule has 2 N–H and O–H groups in total. The lowest BCUT2D eigenvalue weighted by Crippen LogP contribution is -2.16. The first-order valence-electron chi connectivity index (χ1n) is 9.43. The van der Waals surface area contributed by atoms with Crippen LogP contribution >= 0.6 is 23.2 Å². The molecule has 6 nitrogen and oxygen atoms in total. The standard InChI is InChI=1S/C23H17Cl2N3O3/c1-13(31-23(30)26-16-8-9-17(24)18(25)12-16)22-27-19-10-7-15(11-20(19)28-22)21(29)14-5-3-2-4-6-14/h2-13H,1H3,(H,26,30)(H,27,28). The van der Waals surface area contributed by atoms with Crippen LogP contribution in [0.2, 0.25) is 10.0 Å². The van der Waals surface area contributed by atoms with Crippen molar-refractivity contribution in [1.82, 2.24) is 9.97 Å². The summed E-state index contributed by atoms with van der Waals surface area (Å²) in [7, 11) is 0. The summed E-state index contributed by atoms with van der Waals surface area (Å²) < 4.78 is 5.40. The second-order valence-electron chi connectivity index (χ2n) is 6.85. The maximum absolute atomic E-state index is 12.7. The number of ketones is 1. The molecule has 4 rings (SSSR count). The average molecular weight is 454 g/mol. The van der Waals surface area contributed by atoms with Gasteiger partial charge in [-0.15, -0.1) is 0 Å². The van der Waals surface area contributed by atoms with Gasteiger partial charge in [0.2, 0.25) is 0 Å². The third-order valence-electron chi connectivity index (χ3n) is 4.63. The summed E-state index contributed by atoms with van der Waals surface area (Å²) in [4.78, 5) is 32.5. The molecule has 156 valence electrons. The van der Waals surface area contributed by atoms with Gasteiger partial charge in [0.05, 0.1) is 21.1 Å². The van der Waals surface area contributed by atoms with Gasteiger partial charge < -0.3 is 9.72 Å². The van der Waals surface area contributed by atoms with E-state index in [1.54, 1.807) is 49.4 Å². The fourth-order valence-electron chi connectivity index (χ4n) is 3.06. The van der Waals surface area contributed by atoms with Gasteiger partial charge in [-0.2, -0.15) is 0 Å². The number of aromatic amines is 1. The number of nitrogens with one attached hydrogen (secondary N) is 2. The first-order chi connectivity index (χ1) is 14.9. The molecule has 0 radical (unpaired) electrons. The highest BCUT2D eigenvalue weighted by Gasteiger charge is 2.17. The van der Waals surface area contributed by atoms with E-state index in [0.29, 0.717) is 43.7 Å². The van der Waals surface area contributed by atoms with Crippen molar-refractivity contribution in [2.75, 3.05) is 5.32 Å². The van der Waals surface area contributed by atoms with Crippen LogP contribution in [0.25, 0.3) is 11.0 Å². The number of H-pyrrole nitrogens is 1. The molecule has 0 aliphatic carbocycles. The Labute approximate surface area is 188 Å². The Morgan fingerprint density at radius 3 is 2.48 bits per heavy atom. The lowest BCUT2D eigenvalue weighted by Gasteiger charge is -2.12. The van der Waals surface area contributed by atoms with E-state index < -0.39 is 12.2 Å². The summed E-state index contributed by atoms with van der Waals surface area (Å²) in [5.74, 6) is 0.382. The Morgan fingerprint density at radius 2 is 1.74 bits per heavy atom. The number of halogens is 2. The van der Waals surface area contributed by atoms with Crippen LogP contribution in [0.4, 0.5) is 10.5 Å². The number of nitrogens with zero attached hydrogens (tertiary/aromatic N) is 1. The van der Waals surface area contributed by atoms with Gasteiger partial charge in [-0.1, -0.05) is 53.5 Å². The minimum Gasteiger partial charge on any atom is -0.438 e. The van der Waals surface area contributed by atoms with Crippen LogP contribution in [0.5, 0.6) is 0 Å². The molecule has 0 aliphatic rings. The van der Waals surface area contributed by atoms with E-state index in [9.17, 15) is 9.59 Å². The van der Waals surface area contributed by atoms with E-state index in [-0.39, 0.29) is 5.78 Å².